The van der Waals surface area contributed by atoms with Gasteiger partial charge in [-0.05, 0) is 56.2 Å². The van der Waals surface area contributed by atoms with Crippen LogP contribution in [0.3, 0.4) is 0 Å². The van der Waals surface area contributed by atoms with Crippen molar-refractivity contribution in [1.82, 2.24) is 25.5 Å². The van der Waals surface area contributed by atoms with E-state index in [1.165, 1.54) is 12.4 Å². The lowest BCUT2D eigenvalue weighted by atomic mass is 9.79. The van der Waals surface area contributed by atoms with E-state index < -0.39 is 17.8 Å². The third-order valence-electron chi connectivity index (χ3n) is 7.25. The number of nitrogens with two attached hydrogens (primary N) is 1. The van der Waals surface area contributed by atoms with Crippen molar-refractivity contribution >= 4 is 28.7 Å². The molecule has 0 spiro atoms. The molecule has 0 unspecified atom stereocenters. The van der Waals surface area contributed by atoms with Gasteiger partial charge in [0.15, 0.2) is 0 Å². The predicted octanol–water partition coefficient (Wildman–Crippen LogP) is 2.87. The summed E-state index contributed by atoms with van der Waals surface area (Å²) >= 11 is 0. The molecule has 12 heteroatoms. The van der Waals surface area contributed by atoms with E-state index >= 15 is 0 Å². The normalized spacial score (nSPS) is 22.0. The standard InChI is InChI=1S/C24H32F3N7O2/c1-2-19(33-23(28)36)14-3-6-17(7-4-14)34-11-16(12-34)32-21(35)10-29-22-18-9-15(24(25,26)27)5-8-20(18)30-13-31-22/h5,8-9,13-14,16-17,19H,2-4,6-7,10-12H2,1H3,(H,32,35)(H3,28,33,36)(H,29,30,31)/t14?,17?,19-/m0/s1. The van der Waals surface area contributed by atoms with Crippen LogP contribution >= 0.6 is 0 Å². The minimum atomic E-state index is -4.48. The fourth-order valence-electron chi connectivity index (χ4n) is 5.32. The van der Waals surface area contributed by atoms with Crippen molar-refractivity contribution in [2.45, 2.75) is 63.3 Å². The summed E-state index contributed by atoms with van der Waals surface area (Å²) in [5.41, 5.74) is 4.86. The third kappa shape index (κ3) is 6.15. The summed E-state index contributed by atoms with van der Waals surface area (Å²) in [6.07, 6.45) is 1.79. The van der Waals surface area contributed by atoms with Gasteiger partial charge in [0.1, 0.15) is 12.1 Å². The molecule has 0 radical (unpaired) electrons. The van der Waals surface area contributed by atoms with E-state index in [9.17, 15) is 22.8 Å². The second kappa shape index (κ2) is 10.9. The topological polar surface area (TPSA) is 125 Å². The van der Waals surface area contributed by atoms with Crippen molar-refractivity contribution in [2.24, 2.45) is 11.7 Å². The number of aromatic nitrogens is 2. The number of alkyl halides is 3. The van der Waals surface area contributed by atoms with E-state index in [0.717, 1.165) is 57.3 Å². The summed E-state index contributed by atoms with van der Waals surface area (Å²) < 4.78 is 39.3. The van der Waals surface area contributed by atoms with Crippen molar-refractivity contribution in [3.05, 3.63) is 30.1 Å². The maximum absolute atomic E-state index is 13.1. The highest BCUT2D eigenvalue weighted by Gasteiger charge is 2.36. The van der Waals surface area contributed by atoms with Crippen molar-refractivity contribution < 1.29 is 22.8 Å². The van der Waals surface area contributed by atoms with Gasteiger partial charge in [-0.2, -0.15) is 13.2 Å². The average Bonchev–Trinajstić information content (AvgIpc) is 2.82. The number of hydrogen-bond donors (Lipinski definition) is 4. The fourth-order valence-corrected chi connectivity index (χ4v) is 5.32. The van der Waals surface area contributed by atoms with Gasteiger partial charge >= 0.3 is 12.2 Å². The van der Waals surface area contributed by atoms with Crippen LogP contribution in [0.1, 0.15) is 44.6 Å². The molecule has 1 aliphatic heterocycles. The highest BCUT2D eigenvalue weighted by molar-refractivity contribution is 5.91. The van der Waals surface area contributed by atoms with Crippen LogP contribution in [0.2, 0.25) is 0 Å². The van der Waals surface area contributed by atoms with E-state index in [0.29, 0.717) is 17.5 Å². The Labute approximate surface area is 207 Å². The van der Waals surface area contributed by atoms with Gasteiger partial charge in [0.25, 0.3) is 0 Å². The zero-order chi connectivity index (χ0) is 25.9. The molecule has 1 saturated carbocycles. The molecule has 5 N–H and O–H groups in total. The monoisotopic (exact) mass is 507 g/mol. The Kier molecular flexibility index (Phi) is 7.82. The number of hydrogen-bond acceptors (Lipinski definition) is 6. The summed E-state index contributed by atoms with van der Waals surface area (Å²) in [6, 6.07) is 3.40. The largest absolute Gasteiger partial charge is 0.416 e. The number of rotatable bonds is 8. The van der Waals surface area contributed by atoms with Gasteiger partial charge in [-0.15, -0.1) is 0 Å². The summed E-state index contributed by atoms with van der Waals surface area (Å²) in [4.78, 5) is 34.0. The smallest absolute Gasteiger partial charge is 0.360 e. The molecule has 36 heavy (non-hydrogen) atoms. The van der Waals surface area contributed by atoms with E-state index in [1.54, 1.807) is 0 Å². The Morgan fingerprint density at radius 3 is 2.53 bits per heavy atom. The summed E-state index contributed by atoms with van der Waals surface area (Å²) in [5, 5.41) is 8.88. The van der Waals surface area contributed by atoms with Gasteiger partial charge in [-0.3, -0.25) is 9.69 Å². The van der Waals surface area contributed by atoms with Crippen LogP contribution in [0.15, 0.2) is 24.5 Å². The first kappa shape index (κ1) is 25.9. The van der Waals surface area contributed by atoms with Crippen LogP contribution < -0.4 is 21.7 Å². The van der Waals surface area contributed by atoms with Crippen LogP contribution in [0.5, 0.6) is 0 Å². The minimum Gasteiger partial charge on any atom is -0.360 e. The Morgan fingerprint density at radius 2 is 1.89 bits per heavy atom. The van der Waals surface area contributed by atoms with Crippen LogP contribution in [0.4, 0.5) is 23.8 Å². The SMILES string of the molecule is CC[C@H](NC(N)=O)C1CCC(N2CC(NC(=O)CNc3ncnc4ccc(C(F)(F)F)cc34)C2)CC1. The van der Waals surface area contributed by atoms with E-state index in [-0.39, 0.29) is 35.7 Å². The minimum absolute atomic E-state index is 0.0379. The molecular weight excluding hydrogens is 475 g/mol. The van der Waals surface area contributed by atoms with Crippen LogP contribution in [0, 0.1) is 5.92 Å². The van der Waals surface area contributed by atoms with E-state index in [1.807, 2.05) is 0 Å². The number of benzene rings is 1. The molecule has 1 saturated heterocycles. The molecule has 196 valence electrons. The van der Waals surface area contributed by atoms with Gasteiger partial charge in [0.2, 0.25) is 5.91 Å². The maximum atomic E-state index is 13.1. The molecular formula is C24H32F3N7O2. The predicted molar refractivity (Wildman–Crippen MR) is 129 cm³/mol. The number of nitrogens with zero attached hydrogens (tertiary/aromatic N) is 3. The molecule has 0 bridgehead atoms. The number of primary amides is 1. The van der Waals surface area contributed by atoms with Crippen LogP contribution in [-0.2, 0) is 11.0 Å². The number of carbonyl (C=O) groups is 2. The zero-order valence-corrected chi connectivity index (χ0v) is 20.1. The Hall–Kier alpha value is -3.15. The maximum Gasteiger partial charge on any atom is 0.416 e. The molecule has 1 aromatic heterocycles. The number of urea groups is 1. The van der Waals surface area contributed by atoms with Gasteiger partial charge in [0.05, 0.1) is 23.7 Å². The number of carbonyl (C=O) groups excluding carboxylic acids is 2. The Bertz CT molecular complexity index is 1080. The van der Waals surface area contributed by atoms with E-state index in [2.05, 4.69) is 37.7 Å². The summed E-state index contributed by atoms with van der Waals surface area (Å²) in [6.45, 7) is 3.49. The lowest BCUT2D eigenvalue weighted by Crippen LogP contribution is -2.63. The van der Waals surface area contributed by atoms with Crippen molar-refractivity contribution in [3.63, 3.8) is 0 Å². The molecule has 1 aliphatic carbocycles. The molecule has 3 amide bonds. The average molecular weight is 508 g/mol. The molecule has 2 aromatic rings. The van der Waals surface area contributed by atoms with E-state index in [4.69, 9.17) is 5.73 Å². The first-order chi connectivity index (χ1) is 17.1. The number of halogens is 3. The highest BCUT2D eigenvalue weighted by atomic mass is 19.4. The highest BCUT2D eigenvalue weighted by Crippen LogP contribution is 2.33. The molecule has 1 aromatic carbocycles. The number of fused-ring (bicyclic) bond motifs is 1. The number of likely N-dealkylation sites (tertiary alicyclic amines) is 1. The van der Waals surface area contributed by atoms with Crippen molar-refractivity contribution in [2.75, 3.05) is 25.0 Å². The molecule has 4 rings (SSSR count). The van der Waals surface area contributed by atoms with Crippen LogP contribution in [0.25, 0.3) is 10.9 Å². The zero-order valence-electron chi connectivity index (χ0n) is 20.1. The Balaban J connectivity index is 1.22. The molecule has 9 nitrogen and oxygen atoms in total. The fraction of sp³-hybridized carbons (Fsp3) is 0.583. The van der Waals surface area contributed by atoms with Gasteiger partial charge < -0.3 is 21.7 Å². The summed E-state index contributed by atoms with van der Waals surface area (Å²) in [7, 11) is 0. The first-order valence-electron chi connectivity index (χ1n) is 12.3. The quantitative estimate of drug-likeness (QED) is 0.436. The van der Waals surface area contributed by atoms with Gasteiger partial charge in [-0.25, -0.2) is 14.8 Å². The first-order valence-corrected chi connectivity index (χ1v) is 12.3. The lowest BCUT2D eigenvalue weighted by Gasteiger charge is -2.47. The van der Waals surface area contributed by atoms with Gasteiger partial charge in [0, 0.05) is 30.6 Å². The molecule has 2 fully saturated rings. The number of nitrogens with one attached hydrogen (secondary N) is 3. The second-order valence-corrected chi connectivity index (χ2v) is 9.62. The van der Waals surface area contributed by atoms with Crippen molar-refractivity contribution in [3.8, 4) is 0 Å². The molecule has 1 atom stereocenters. The van der Waals surface area contributed by atoms with Crippen LogP contribution in [-0.4, -0.2) is 64.6 Å². The summed E-state index contributed by atoms with van der Waals surface area (Å²) in [5.74, 6) is 0.376. The number of anilines is 1. The molecule has 2 heterocycles. The number of amides is 3. The third-order valence-corrected chi connectivity index (χ3v) is 7.25. The Morgan fingerprint density at radius 1 is 1.17 bits per heavy atom. The lowest BCUT2D eigenvalue weighted by molar-refractivity contribution is -0.137. The van der Waals surface area contributed by atoms with Gasteiger partial charge in [-0.1, -0.05) is 6.92 Å². The second-order valence-electron chi connectivity index (χ2n) is 9.62. The van der Waals surface area contributed by atoms with Crippen molar-refractivity contribution in [1.29, 1.82) is 0 Å². The molecule has 2 aliphatic rings.